The second-order valence-electron chi connectivity index (χ2n) is 9.24. The number of anilines is 2. The molecule has 1 amide bonds. The molecule has 3 heterocycles. The summed E-state index contributed by atoms with van der Waals surface area (Å²) >= 11 is 0. The molecule has 0 bridgehead atoms. The number of fused-ring (bicyclic) bond motifs is 2. The number of aromatic nitrogens is 2. The lowest BCUT2D eigenvalue weighted by atomic mass is 9.98. The lowest BCUT2D eigenvalue weighted by Crippen LogP contribution is -2.51. The molecule has 1 N–H and O–H groups in total. The van der Waals surface area contributed by atoms with Crippen molar-refractivity contribution in [3.8, 4) is 0 Å². The molecule has 0 saturated carbocycles. The van der Waals surface area contributed by atoms with Crippen LogP contribution in [0.1, 0.15) is 48.2 Å². The number of nitrogens with zero attached hydrogens (tertiary/aromatic N) is 4. The Morgan fingerprint density at radius 3 is 2.75 bits per heavy atom. The molecule has 0 spiro atoms. The maximum absolute atomic E-state index is 12.1. The molecule has 2 atom stereocenters. The maximum atomic E-state index is 12.1. The number of hydrogen-bond donors (Lipinski definition) is 1. The molecule has 6 nitrogen and oxygen atoms in total. The number of amides is 1. The fourth-order valence-electron chi connectivity index (χ4n) is 5.20. The molecule has 2 fully saturated rings. The highest BCUT2D eigenvalue weighted by atomic mass is 16.2. The van der Waals surface area contributed by atoms with Gasteiger partial charge in [-0.2, -0.15) is 5.10 Å². The van der Waals surface area contributed by atoms with Gasteiger partial charge in [-0.05, 0) is 62.9 Å². The van der Waals surface area contributed by atoms with E-state index in [0.29, 0.717) is 18.4 Å². The Labute approximate surface area is 189 Å². The van der Waals surface area contributed by atoms with E-state index in [1.807, 2.05) is 6.92 Å². The van der Waals surface area contributed by atoms with Crippen molar-refractivity contribution in [1.29, 1.82) is 0 Å². The Morgan fingerprint density at radius 1 is 1.06 bits per heavy atom. The van der Waals surface area contributed by atoms with E-state index in [0.717, 1.165) is 48.3 Å². The molecule has 32 heavy (non-hydrogen) atoms. The van der Waals surface area contributed by atoms with E-state index in [1.54, 1.807) is 0 Å². The Kier molecular flexibility index (Phi) is 5.24. The molecule has 2 aliphatic rings. The van der Waals surface area contributed by atoms with Crippen LogP contribution in [0.3, 0.4) is 0 Å². The number of aryl methyl sites for hydroxylation is 2. The highest BCUT2D eigenvalue weighted by Crippen LogP contribution is 2.33. The first-order valence-electron chi connectivity index (χ1n) is 11.6. The average Bonchev–Trinajstić information content (AvgIpc) is 3.17. The normalized spacial score (nSPS) is 19.4. The summed E-state index contributed by atoms with van der Waals surface area (Å²) in [4.78, 5) is 16.5. The second kappa shape index (κ2) is 8.08. The van der Waals surface area contributed by atoms with E-state index in [9.17, 15) is 4.79 Å². The third-order valence-corrected chi connectivity index (χ3v) is 7.27. The highest BCUT2D eigenvalue weighted by Gasteiger charge is 2.35. The summed E-state index contributed by atoms with van der Waals surface area (Å²) in [5.74, 6) is 1.13. The van der Waals surface area contributed by atoms with Crippen LogP contribution in [0, 0.1) is 20.8 Å². The van der Waals surface area contributed by atoms with E-state index in [4.69, 9.17) is 0 Å². The van der Waals surface area contributed by atoms with Crippen molar-refractivity contribution in [2.75, 3.05) is 29.9 Å². The first-order chi connectivity index (χ1) is 15.4. The molecule has 2 aromatic carbocycles. The minimum Gasteiger partial charge on any atom is -0.368 e. The maximum Gasteiger partial charge on any atom is 0.223 e. The Balaban J connectivity index is 1.47. The second-order valence-corrected chi connectivity index (χ2v) is 9.24. The predicted molar refractivity (Wildman–Crippen MR) is 129 cm³/mol. The van der Waals surface area contributed by atoms with Crippen LogP contribution < -0.4 is 10.2 Å². The van der Waals surface area contributed by atoms with Gasteiger partial charge in [-0.1, -0.05) is 24.3 Å². The van der Waals surface area contributed by atoms with Gasteiger partial charge in [0.15, 0.2) is 5.82 Å². The number of nitrogens with one attached hydrogen (secondary N) is 1. The molecule has 5 rings (SSSR count). The van der Waals surface area contributed by atoms with Crippen LogP contribution >= 0.6 is 0 Å². The van der Waals surface area contributed by atoms with Crippen molar-refractivity contribution in [2.45, 2.75) is 52.6 Å². The van der Waals surface area contributed by atoms with Crippen molar-refractivity contribution in [2.24, 2.45) is 0 Å². The van der Waals surface area contributed by atoms with E-state index >= 15 is 0 Å². The minimum absolute atomic E-state index is 0.117. The lowest BCUT2D eigenvalue weighted by Gasteiger charge is -2.39. The van der Waals surface area contributed by atoms with Gasteiger partial charge in [0, 0.05) is 48.6 Å². The average molecular weight is 430 g/mol. The van der Waals surface area contributed by atoms with Crippen LogP contribution in [0.15, 0.2) is 36.4 Å². The Hall–Kier alpha value is -3.15. The fourth-order valence-corrected chi connectivity index (χ4v) is 5.20. The standard InChI is InChI=1S/C26H31N5O/c1-16-6-5-7-22(17(16)2)18(3)27-26-24-14-20(8-10-23(24)19(4)28-29-26)30-12-13-31-21(15-30)9-11-25(31)32/h5-8,10,14,18,21H,9,11-13,15H2,1-4H3,(H,27,29)/t18-,21+/m1/s1. The van der Waals surface area contributed by atoms with Gasteiger partial charge in [0.1, 0.15) is 0 Å². The molecule has 0 unspecified atom stereocenters. The van der Waals surface area contributed by atoms with E-state index < -0.39 is 0 Å². The van der Waals surface area contributed by atoms with Crippen LogP contribution in [0.4, 0.5) is 11.5 Å². The summed E-state index contributed by atoms with van der Waals surface area (Å²) in [7, 11) is 0. The zero-order chi connectivity index (χ0) is 22.4. The van der Waals surface area contributed by atoms with Crippen LogP contribution in [0.5, 0.6) is 0 Å². The molecular weight excluding hydrogens is 398 g/mol. The molecule has 6 heteroatoms. The fraction of sp³-hybridized carbons (Fsp3) is 0.423. The summed E-state index contributed by atoms with van der Waals surface area (Å²) in [6, 6.07) is 13.5. The number of benzene rings is 2. The van der Waals surface area contributed by atoms with Gasteiger partial charge in [-0.15, -0.1) is 5.10 Å². The lowest BCUT2D eigenvalue weighted by molar-refractivity contribution is -0.129. The van der Waals surface area contributed by atoms with Crippen molar-refractivity contribution in [1.82, 2.24) is 15.1 Å². The Bertz CT molecular complexity index is 1190. The molecule has 0 aliphatic carbocycles. The van der Waals surface area contributed by atoms with Gasteiger partial charge >= 0.3 is 0 Å². The minimum atomic E-state index is 0.117. The number of rotatable bonds is 4. The van der Waals surface area contributed by atoms with Gasteiger partial charge in [-0.3, -0.25) is 4.79 Å². The smallest absolute Gasteiger partial charge is 0.223 e. The zero-order valence-corrected chi connectivity index (χ0v) is 19.4. The number of piperazine rings is 1. The van der Waals surface area contributed by atoms with Crippen LogP contribution in [-0.2, 0) is 4.79 Å². The van der Waals surface area contributed by atoms with E-state index in [2.05, 4.69) is 82.5 Å². The quantitative estimate of drug-likeness (QED) is 0.660. The predicted octanol–water partition coefficient (Wildman–Crippen LogP) is 4.54. The third kappa shape index (κ3) is 3.57. The Morgan fingerprint density at radius 2 is 1.91 bits per heavy atom. The summed E-state index contributed by atoms with van der Waals surface area (Å²) < 4.78 is 0. The van der Waals surface area contributed by atoms with Crippen molar-refractivity contribution >= 4 is 28.2 Å². The zero-order valence-electron chi connectivity index (χ0n) is 19.4. The van der Waals surface area contributed by atoms with Crippen LogP contribution in [-0.4, -0.2) is 46.7 Å². The molecule has 2 aliphatic heterocycles. The molecule has 166 valence electrons. The number of carbonyl (C=O) groups excluding carboxylic acids is 1. The summed E-state index contributed by atoms with van der Waals surface area (Å²) in [5.41, 5.74) is 6.00. The SMILES string of the molecule is Cc1cccc([C@@H](C)Nc2nnc(C)c3ccc(N4CCN5C(=O)CC[C@H]5C4)cc23)c1C. The molecule has 3 aromatic rings. The summed E-state index contributed by atoms with van der Waals surface area (Å²) in [5, 5.41) is 14.8. The monoisotopic (exact) mass is 429 g/mol. The van der Waals surface area contributed by atoms with Crippen molar-refractivity contribution in [3.63, 3.8) is 0 Å². The summed E-state index contributed by atoms with van der Waals surface area (Å²) in [6.07, 6.45) is 1.66. The largest absolute Gasteiger partial charge is 0.368 e. The van der Waals surface area contributed by atoms with E-state index in [1.165, 1.54) is 22.4 Å². The van der Waals surface area contributed by atoms with Gasteiger partial charge in [-0.25, -0.2) is 0 Å². The van der Waals surface area contributed by atoms with Crippen LogP contribution in [0.2, 0.25) is 0 Å². The van der Waals surface area contributed by atoms with E-state index in [-0.39, 0.29) is 6.04 Å². The van der Waals surface area contributed by atoms with Crippen molar-refractivity contribution in [3.05, 3.63) is 58.8 Å². The third-order valence-electron chi connectivity index (χ3n) is 7.27. The van der Waals surface area contributed by atoms with Gasteiger partial charge in [0.25, 0.3) is 0 Å². The molecule has 2 saturated heterocycles. The number of carbonyl (C=O) groups is 1. The summed E-state index contributed by atoms with van der Waals surface area (Å²) in [6.45, 7) is 11.1. The van der Waals surface area contributed by atoms with Crippen molar-refractivity contribution < 1.29 is 4.79 Å². The highest BCUT2D eigenvalue weighted by molar-refractivity contribution is 5.95. The molecular formula is C26H31N5O. The first kappa shape index (κ1) is 20.7. The first-order valence-corrected chi connectivity index (χ1v) is 11.6. The van der Waals surface area contributed by atoms with Gasteiger partial charge in [0.05, 0.1) is 11.7 Å². The van der Waals surface area contributed by atoms with Gasteiger partial charge in [0.2, 0.25) is 5.91 Å². The topological polar surface area (TPSA) is 61.4 Å². The number of hydrogen-bond acceptors (Lipinski definition) is 5. The molecule has 1 aromatic heterocycles. The van der Waals surface area contributed by atoms with Crippen LogP contribution in [0.25, 0.3) is 10.8 Å². The molecule has 0 radical (unpaired) electrons. The van der Waals surface area contributed by atoms with Gasteiger partial charge < -0.3 is 15.1 Å².